The zero-order valence-electron chi connectivity index (χ0n) is 9.88. The number of hydrogen-bond acceptors (Lipinski definition) is 3. The van der Waals surface area contributed by atoms with Crippen LogP contribution in [0.3, 0.4) is 0 Å². The molecule has 17 heavy (non-hydrogen) atoms. The Hall–Kier alpha value is -2.17. The minimum atomic E-state index is 0.302. The van der Waals surface area contributed by atoms with Crippen LogP contribution < -0.4 is 5.32 Å². The lowest BCUT2D eigenvalue weighted by Crippen LogP contribution is -1.98. The van der Waals surface area contributed by atoms with Crippen LogP contribution in [0.2, 0.25) is 0 Å². The highest BCUT2D eigenvalue weighted by Gasteiger charge is 1.99. The van der Waals surface area contributed by atoms with E-state index in [2.05, 4.69) is 25.5 Å². The fourth-order valence-corrected chi connectivity index (χ4v) is 1.33. The number of nitrogens with zero attached hydrogens (tertiary/aromatic N) is 3. The van der Waals surface area contributed by atoms with Gasteiger partial charge in [0.2, 0.25) is 0 Å². The number of anilines is 1. The van der Waals surface area contributed by atoms with Crippen molar-refractivity contribution in [1.29, 1.82) is 0 Å². The summed E-state index contributed by atoms with van der Waals surface area (Å²) < 4.78 is 0. The summed E-state index contributed by atoms with van der Waals surface area (Å²) in [5.74, 6) is 0.771. The van der Waals surface area contributed by atoms with E-state index in [-0.39, 0.29) is 0 Å². The van der Waals surface area contributed by atoms with Gasteiger partial charge in [0, 0.05) is 17.3 Å². The Balaban J connectivity index is 2.03. The Kier molecular flexibility index (Phi) is 3.49. The molecule has 0 radical (unpaired) electrons. The first kappa shape index (κ1) is 11.3. The third-order valence-corrected chi connectivity index (χ3v) is 2.18. The highest BCUT2D eigenvalue weighted by molar-refractivity contribution is 5.76. The summed E-state index contributed by atoms with van der Waals surface area (Å²) in [7, 11) is 0. The quantitative estimate of drug-likeness (QED) is 0.624. The van der Waals surface area contributed by atoms with E-state index in [4.69, 9.17) is 0 Å². The summed E-state index contributed by atoms with van der Waals surface area (Å²) in [5, 5.41) is 9.75. The minimum absolute atomic E-state index is 0.302. The van der Waals surface area contributed by atoms with Crippen molar-refractivity contribution in [3.8, 4) is 11.4 Å². The van der Waals surface area contributed by atoms with Crippen molar-refractivity contribution in [1.82, 2.24) is 15.2 Å². The number of benzene rings is 1. The molecule has 0 unspecified atom stereocenters. The lowest BCUT2D eigenvalue weighted by molar-refractivity contribution is 0.840. The summed E-state index contributed by atoms with van der Waals surface area (Å²) in [6.45, 7) is 4.07. The maximum Gasteiger partial charge on any atom is 0.155 e. The molecule has 0 atom stereocenters. The molecule has 0 aliphatic heterocycles. The fourth-order valence-electron chi connectivity index (χ4n) is 1.33. The SMILES string of the molecule is CC(C)N=CNc1ccc(-c2ncn[nH]2)cc1. The summed E-state index contributed by atoms with van der Waals surface area (Å²) in [6, 6.07) is 8.21. The van der Waals surface area contributed by atoms with Crippen LogP contribution in [0.15, 0.2) is 35.6 Å². The first-order valence-electron chi connectivity index (χ1n) is 5.49. The Morgan fingerprint density at radius 1 is 1.29 bits per heavy atom. The Labute approximate surface area is 100 Å². The van der Waals surface area contributed by atoms with Crippen molar-refractivity contribution in [3.05, 3.63) is 30.6 Å². The number of H-pyrrole nitrogens is 1. The Morgan fingerprint density at radius 3 is 2.65 bits per heavy atom. The van der Waals surface area contributed by atoms with Gasteiger partial charge in [-0.2, -0.15) is 5.10 Å². The van der Waals surface area contributed by atoms with Gasteiger partial charge in [-0.3, -0.25) is 10.1 Å². The van der Waals surface area contributed by atoms with E-state index < -0.39 is 0 Å². The Bertz CT molecular complexity index is 470. The highest BCUT2D eigenvalue weighted by atomic mass is 15.2. The molecule has 0 amide bonds. The van der Waals surface area contributed by atoms with Crippen molar-refractivity contribution in [2.24, 2.45) is 4.99 Å². The normalized spacial score (nSPS) is 11.2. The second-order valence-electron chi connectivity index (χ2n) is 3.93. The predicted octanol–water partition coefficient (Wildman–Crippen LogP) is 2.32. The average molecular weight is 229 g/mol. The first-order chi connectivity index (χ1) is 8.25. The summed E-state index contributed by atoms with van der Waals surface area (Å²) >= 11 is 0. The standard InChI is InChI=1S/C12H15N5/c1-9(2)13-7-14-11-5-3-10(4-6-11)12-15-8-16-17-12/h3-9H,1-2H3,(H,13,14)(H,15,16,17). The molecule has 0 aliphatic carbocycles. The minimum Gasteiger partial charge on any atom is -0.347 e. The van der Waals surface area contributed by atoms with Crippen molar-refractivity contribution in [2.45, 2.75) is 19.9 Å². The van der Waals surface area contributed by atoms with Gasteiger partial charge in [0.1, 0.15) is 6.33 Å². The lowest BCUT2D eigenvalue weighted by Gasteiger charge is -2.02. The monoisotopic (exact) mass is 229 g/mol. The van der Waals surface area contributed by atoms with Crippen molar-refractivity contribution in [3.63, 3.8) is 0 Å². The van der Waals surface area contributed by atoms with E-state index in [0.29, 0.717) is 6.04 Å². The molecular formula is C12H15N5. The van der Waals surface area contributed by atoms with E-state index in [0.717, 1.165) is 17.1 Å². The highest BCUT2D eigenvalue weighted by Crippen LogP contribution is 2.16. The van der Waals surface area contributed by atoms with Crippen molar-refractivity contribution >= 4 is 12.0 Å². The topological polar surface area (TPSA) is 66.0 Å². The average Bonchev–Trinajstić information content (AvgIpc) is 2.83. The molecule has 0 aliphatic rings. The molecule has 5 nitrogen and oxygen atoms in total. The van der Waals surface area contributed by atoms with Gasteiger partial charge in [0.25, 0.3) is 0 Å². The van der Waals surface area contributed by atoms with Crippen molar-refractivity contribution in [2.75, 3.05) is 5.32 Å². The number of aromatic nitrogens is 3. The van der Waals surface area contributed by atoms with Crippen LogP contribution in [0.25, 0.3) is 11.4 Å². The van der Waals surface area contributed by atoms with Gasteiger partial charge in [-0.15, -0.1) is 0 Å². The van der Waals surface area contributed by atoms with Crippen LogP contribution in [-0.2, 0) is 0 Å². The van der Waals surface area contributed by atoms with Gasteiger partial charge in [-0.1, -0.05) is 0 Å². The second-order valence-corrected chi connectivity index (χ2v) is 3.93. The predicted molar refractivity (Wildman–Crippen MR) is 69.1 cm³/mol. The molecule has 1 aromatic carbocycles. The van der Waals surface area contributed by atoms with Crippen LogP contribution in [0.5, 0.6) is 0 Å². The van der Waals surface area contributed by atoms with Gasteiger partial charge >= 0.3 is 0 Å². The van der Waals surface area contributed by atoms with E-state index in [9.17, 15) is 0 Å². The van der Waals surface area contributed by atoms with E-state index in [1.807, 2.05) is 38.1 Å². The molecule has 2 N–H and O–H groups in total. The maximum atomic E-state index is 4.23. The molecule has 0 saturated carbocycles. The summed E-state index contributed by atoms with van der Waals surface area (Å²) in [6.07, 6.45) is 3.21. The zero-order valence-corrected chi connectivity index (χ0v) is 9.88. The zero-order chi connectivity index (χ0) is 12.1. The Morgan fingerprint density at radius 2 is 2.06 bits per heavy atom. The number of rotatable bonds is 4. The van der Waals surface area contributed by atoms with E-state index in [1.54, 1.807) is 6.34 Å². The van der Waals surface area contributed by atoms with Gasteiger partial charge < -0.3 is 5.32 Å². The summed E-state index contributed by atoms with van der Waals surface area (Å²) in [5.41, 5.74) is 2.01. The number of aromatic amines is 1. The molecule has 5 heteroatoms. The van der Waals surface area contributed by atoms with Crippen LogP contribution in [-0.4, -0.2) is 27.6 Å². The van der Waals surface area contributed by atoms with E-state index >= 15 is 0 Å². The molecular weight excluding hydrogens is 214 g/mol. The third-order valence-electron chi connectivity index (χ3n) is 2.18. The molecule has 1 aromatic heterocycles. The second kappa shape index (κ2) is 5.25. The number of nitrogens with one attached hydrogen (secondary N) is 2. The molecule has 88 valence electrons. The molecule has 0 bridgehead atoms. The van der Waals surface area contributed by atoms with Crippen LogP contribution in [0, 0.1) is 0 Å². The molecule has 0 fully saturated rings. The van der Waals surface area contributed by atoms with Gasteiger partial charge in [0.05, 0.1) is 6.34 Å². The number of hydrogen-bond donors (Lipinski definition) is 2. The first-order valence-corrected chi connectivity index (χ1v) is 5.49. The maximum absolute atomic E-state index is 4.23. The summed E-state index contributed by atoms with van der Waals surface area (Å²) in [4.78, 5) is 8.32. The molecule has 0 spiro atoms. The van der Waals surface area contributed by atoms with E-state index in [1.165, 1.54) is 6.33 Å². The number of aliphatic imine (C=N–C) groups is 1. The van der Waals surface area contributed by atoms with Crippen LogP contribution >= 0.6 is 0 Å². The molecule has 0 saturated heterocycles. The van der Waals surface area contributed by atoms with Gasteiger partial charge in [-0.05, 0) is 38.1 Å². The van der Waals surface area contributed by atoms with Crippen molar-refractivity contribution < 1.29 is 0 Å². The molecule has 2 rings (SSSR count). The van der Waals surface area contributed by atoms with Crippen LogP contribution in [0.4, 0.5) is 5.69 Å². The third kappa shape index (κ3) is 3.14. The lowest BCUT2D eigenvalue weighted by atomic mass is 10.2. The smallest absolute Gasteiger partial charge is 0.155 e. The molecule has 2 aromatic rings. The largest absolute Gasteiger partial charge is 0.347 e. The van der Waals surface area contributed by atoms with Crippen LogP contribution in [0.1, 0.15) is 13.8 Å². The van der Waals surface area contributed by atoms with Gasteiger partial charge in [-0.25, -0.2) is 4.98 Å². The fraction of sp³-hybridized carbons (Fsp3) is 0.250. The molecule has 1 heterocycles. The van der Waals surface area contributed by atoms with Gasteiger partial charge in [0.15, 0.2) is 5.82 Å².